The van der Waals surface area contributed by atoms with Crippen molar-refractivity contribution in [3.63, 3.8) is 0 Å². The maximum Gasteiger partial charge on any atom is 0.339 e. The number of carbonyl (C=O) groups excluding carboxylic acids is 4. The predicted molar refractivity (Wildman–Crippen MR) is 131 cm³/mol. The van der Waals surface area contributed by atoms with Gasteiger partial charge in [0.2, 0.25) is 0 Å². The molecule has 2 N–H and O–H groups in total. The van der Waals surface area contributed by atoms with Crippen molar-refractivity contribution in [1.82, 2.24) is 5.32 Å². The zero-order valence-corrected chi connectivity index (χ0v) is 19.2. The fourth-order valence-corrected chi connectivity index (χ4v) is 4.12. The van der Waals surface area contributed by atoms with Gasteiger partial charge in [-0.1, -0.05) is 73.5 Å². The van der Waals surface area contributed by atoms with Crippen LogP contribution in [-0.2, 0) is 9.53 Å². The van der Waals surface area contributed by atoms with E-state index >= 15 is 0 Å². The second kappa shape index (κ2) is 11.2. The van der Waals surface area contributed by atoms with Crippen LogP contribution in [-0.4, -0.2) is 36.2 Å². The Morgan fingerprint density at radius 2 is 1.34 bits per heavy atom. The summed E-state index contributed by atoms with van der Waals surface area (Å²) in [6, 6.07) is 21.8. The van der Waals surface area contributed by atoms with E-state index in [-0.39, 0.29) is 28.9 Å². The molecular formula is C28H26N2O5. The average Bonchev–Trinajstić information content (AvgIpc) is 3.40. The second-order valence-corrected chi connectivity index (χ2v) is 8.37. The first kappa shape index (κ1) is 23.9. The SMILES string of the molecule is O=C(COC(=O)c1ccccc1C(=O)c1ccccc1)Nc1ccccc1C(=O)NC1CCCC1. The van der Waals surface area contributed by atoms with Crippen LogP contribution in [0.25, 0.3) is 0 Å². The molecule has 0 bridgehead atoms. The highest BCUT2D eigenvalue weighted by Gasteiger charge is 2.22. The molecule has 178 valence electrons. The van der Waals surface area contributed by atoms with E-state index < -0.39 is 18.5 Å². The van der Waals surface area contributed by atoms with Crippen LogP contribution in [0.2, 0.25) is 0 Å². The molecule has 1 aliphatic carbocycles. The summed E-state index contributed by atoms with van der Waals surface area (Å²) in [6.45, 7) is -0.564. The molecule has 0 aliphatic heterocycles. The summed E-state index contributed by atoms with van der Waals surface area (Å²) >= 11 is 0. The lowest BCUT2D eigenvalue weighted by molar-refractivity contribution is -0.119. The number of hydrogen-bond acceptors (Lipinski definition) is 5. The van der Waals surface area contributed by atoms with Gasteiger partial charge < -0.3 is 15.4 Å². The number of rotatable bonds is 8. The molecule has 3 aromatic rings. The smallest absolute Gasteiger partial charge is 0.339 e. The van der Waals surface area contributed by atoms with Gasteiger partial charge in [-0.3, -0.25) is 14.4 Å². The van der Waals surface area contributed by atoms with E-state index in [1.54, 1.807) is 72.8 Å². The molecule has 1 saturated carbocycles. The van der Waals surface area contributed by atoms with Crippen LogP contribution in [0.4, 0.5) is 5.69 Å². The number of anilines is 1. The Labute approximate surface area is 203 Å². The Hall–Kier alpha value is -4.26. The van der Waals surface area contributed by atoms with Crippen LogP contribution >= 0.6 is 0 Å². The van der Waals surface area contributed by atoms with Crippen molar-refractivity contribution in [2.24, 2.45) is 0 Å². The maximum atomic E-state index is 12.9. The van der Waals surface area contributed by atoms with E-state index in [0.717, 1.165) is 25.7 Å². The molecule has 0 spiro atoms. The van der Waals surface area contributed by atoms with Crippen molar-refractivity contribution in [1.29, 1.82) is 0 Å². The van der Waals surface area contributed by atoms with Gasteiger partial charge >= 0.3 is 5.97 Å². The van der Waals surface area contributed by atoms with Crippen LogP contribution < -0.4 is 10.6 Å². The first-order valence-electron chi connectivity index (χ1n) is 11.6. The van der Waals surface area contributed by atoms with E-state index in [0.29, 0.717) is 16.8 Å². The van der Waals surface area contributed by atoms with Gasteiger partial charge in [-0.2, -0.15) is 0 Å². The van der Waals surface area contributed by atoms with Crippen LogP contribution in [0.15, 0.2) is 78.9 Å². The molecule has 3 aromatic carbocycles. The van der Waals surface area contributed by atoms with Gasteiger partial charge in [0, 0.05) is 17.2 Å². The zero-order chi connectivity index (χ0) is 24.6. The van der Waals surface area contributed by atoms with E-state index in [1.165, 1.54) is 6.07 Å². The summed E-state index contributed by atoms with van der Waals surface area (Å²) in [6.07, 6.45) is 4.08. The Morgan fingerprint density at radius 3 is 2.06 bits per heavy atom. The fourth-order valence-electron chi connectivity index (χ4n) is 4.12. The van der Waals surface area contributed by atoms with Gasteiger partial charge in [0.15, 0.2) is 12.4 Å². The fraction of sp³-hybridized carbons (Fsp3) is 0.214. The second-order valence-electron chi connectivity index (χ2n) is 8.37. The minimum Gasteiger partial charge on any atom is -0.452 e. The summed E-state index contributed by atoms with van der Waals surface area (Å²) < 4.78 is 5.19. The van der Waals surface area contributed by atoms with E-state index in [9.17, 15) is 19.2 Å². The van der Waals surface area contributed by atoms with Crippen molar-refractivity contribution in [3.8, 4) is 0 Å². The van der Waals surface area contributed by atoms with Crippen molar-refractivity contribution >= 4 is 29.3 Å². The number of benzene rings is 3. The minimum absolute atomic E-state index is 0.0745. The molecular weight excluding hydrogens is 444 g/mol. The van der Waals surface area contributed by atoms with Crippen LogP contribution in [0.5, 0.6) is 0 Å². The molecule has 0 atom stereocenters. The molecule has 0 heterocycles. The third kappa shape index (κ3) is 6.00. The van der Waals surface area contributed by atoms with Crippen LogP contribution in [0, 0.1) is 0 Å². The number of esters is 1. The average molecular weight is 471 g/mol. The van der Waals surface area contributed by atoms with Crippen LogP contribution in [0.3, 0.4) is 0 Å². The van der Waals surface area contributed by atoms with Gasteiger partial charge in [-0.05, 0) is 31.0 Å². The first-order valence-corrected chi connectivity index (χ1v) is 11.6. The Balaban J connectivity index is 1.39. The third-order valence-corrected chi connectivity index (χ3v) is 5.90. The number of para-hydroxylation sites is 1. The summed E-state index contributed by atoms with van der Waals surface area (Å²) in [5.74, 6) is -1.94. The molecule has 35 heavy (non-hydrogen) atoms. The molecule has 0 aromatic heterocycles. The number of ether oxygens (including phenoxy) is 1. The number of ketones is 1. The summed E-state index contributed by atoms with van der Waals surface area (Å²) in [5.41, 5.74) is 1.39. The Kier molecular flexibility index (Phi) is 7.67. The van der Waals surface area contributed by atoms with Gasteiger partial charge in [0.1, 0.15) is 0 Å². The quantitative estimate of drug-likeness (QED) is 0.376. The lowest BCUT2D eigenvalue weighted by Crippen LogP contribution is -2.33. The predicted octanol–water partition coefficient (Wildman–Crippen LogP) is 4.39. The molecule has 4 rings (SSSR count). The summed E-state index contributed by atoms with van der Waals surface area (Å²) in [7, 11) is 0. The molecule has 7 heteroatoms. The molecule has 7 nitrogen and oxygen atoms in total. The number of carbonyl (C=O) groups is 4. The molecule has 0 radical (unpaired) electrons. The topological polar surface area (TPSA) is 102 Å². The monoisotopic (exact) mass is 470 g/mol. The minimum atomic E-state index is -0.785. The van der Waals surface area contributed by atoms with E-state index in [2.05, 4.69) is 10.6 Å². The van der Waals surface area contributed by atoms with Gasteiger partial charge in [0.05, 0.1) is 16.8 Å². The zero-order valence-electron chi connectivity index (χ0n) is 19.2. The normalized spacial score (nSPS) is 13.1. The Bertz CT molecular complexity index is 1230. The molecule has 0 saturated heterocycles. The highest BCUT2D eigenvalue weighted by Crippen LogP contribution is 2.21. The number of amides is 2. The van der Waals surface area contributed by atoms with E-state index in [4.69, 9.17) is 4.74 Å². The van der Waals surface area contributed by atoms with Crippen molar-refractivity contribution in [3.05, 3.63) is 101 Å². The highest BCUT2D eigenvalue weighted by molar-refractivity contribution is 6.14. The maximum absolute atomic E-state index is 12.9. The highest BCUT2D eigenvalue weighted by atomic mass is 16.5. The van der Waals surface area contributed by atoms with E-state index in [1.807, 2.05) is 0 Å². The lowest BCUT2D eigenvalue weighted by atomic mass is 9.98. The first-order chi connectivity index (χ1) is 17.0. The third-order valence-electron chi connectivity index (χ3n) is 5.90. The number of hydrogen-bond donors (Lipinski definition) is 2. The van der Waals surface area contributed by atoms with Crippen LogP contribution in [0.1, 0.15) is 62.3 Å². The van der Waals surface area contributed by atoms with Crippen molar-refractivity contribution < 1.29 is 23.9 Å². The van der Waals surface area contributed by atoms with Crippen molar-refractivity contribution in [2.45, 2.75) is 31.7 Å². The van der Waals surface area contributed by atoms with Gasteiger partial charge in [-0.25, -0.2) is 4.79 Å². The largest absolute Gasteiger partial charge is 0.452 e. The molecule has 0 unspecified atom stereocenters. The van der Waals surface area contributed by atoms with Gasteiger partial charge in [-0.15, -0.1) is 0 Å². The standard InChI is InChI=1S/C28H26N2O5/c31-25(30-24-17-9-8-16-23(24)27(33)29-20-12-4-5-13-20)18-35-28(34)22-15-7-6-14-21(22)26(32)19-10-2-1-3-11-19/h1-3,6-11,14-17,20H,4-5,12-13,18H2,(H,29,33)(H,30,31). The lowest BCUT2D eigenvalue weighted by Gasteiger charge is -2.15. The molecule has 1 aliphatic rings. The number of nitrogens with one attached hydrogen (secondary N) is 2. The molecule has 2 amide bonds. The van der Waals surface area contributed by atoms with Crippen molar-refractivity contribution in [2.75, 3.05) is 11.9 Å². The summed E-state index contributed by atoms with van der Waals surface area (Å²) in [4.78, 5) is 50.8. The summed E-state index contributed by atoms with van der Waals surface area (Å²) in [5, 5.41) is 5.65. The Morgan fingerprint density at radius 1 is 0.743 bits per heavy atom. The van der Waals surface area contributed by atoms with Gasteiger partial charge in [0.25, 0.3) is 11.8 Å². The molecule has 1 fully saturated rings.